The molecule has 0 aliphatic carbocycles. The normalized spacial score (nSPS) is 17.5. The first kappa shape index (κ1) is 35.5. The molecule has 12 nitrogen and oxygen atoms in total. The van der Waals surface area contributed by atoms with Crippen LogP contribution in [0.3, 0.4) is 0 Å². The van der Waals surface area contributed by atoms with Crippen molar-refractivity contribution in [2.45, 2.75) is 44.5 Å². The molecule has 3 N–H and O–H groups in total. The van der Waals surface area contributed by atoms with Gasteiger partial charge in [-0.25, -0.2) is 4.98 Å². The number of ether oxygens (including phenoxy) is 3. The molecule has 2 fully saturated rings. The van der Waals surface area contributed by atoms with E-state index in [-0.39, 0.29) is 28.8 Å². The fourth-order valence-corrected chi connectivity index (χ4v) is 6.81. The molecule has 2 atom stereocenters. The Morgan fingerprint density at radius 1 is 1.02 bits per heavy atom. The average Bonchev–Trinajstić information content (AvgIpc) is 3.77. The van der Waals surface area contributed by atoms with Gasteiger partial charge in [-0.2, -0.15) is 0 Å². The fourth-order valence-electron chi connectivity index (χ4n) is 6.24. The Morgan fingerprint density at radius 2 is 1.88 bits per heavy atom. The summed E-state index contributed by atoms with van der Waals surface area (Å²) in [6.45, 7) is 3.57. The predicted molar refractivity (Wildman–Crippen MR) is 192 cm³/mol. The standard InChI is InChI=1S/C36H39Cl2N7O5/c1-48-24-12-14-45(20-24)19-22-17-41-29(15-30(22)49-2)35(47)43-28-6-4-5-26(32(28)37)34-33(38)25(11-13-40-34)27-9-7-21(36(44-27)50-3)16-39-18-23-8-10-31(46)42-23/h4-7,9,11,13,15,17,23-24,39H,8,10,12,14,16,18-20H2,1-3H3,(H,42,46)(H,43,47)/t23-,24+/m1/s1. The number of benzene rings is 1. The van der Waals surface area contributed by atoms with Gasteiger partial charge in [-0.05, 0) is 31.0 Å². The summed E-state index contributed by atoms with van der Waals surface area (Å²) in [5, 5.41) is 9.81. The summed E-state index contributed by atoms with van der Waals surface area (Å²) >= 11 is 13.8. The minimum absolute atomic E-state index is 0.0842. The molecule has 3 aromatic heterocycles. The van der Waals surface area contributed by atoms with E-state index in [0.717, 1.165) is 37.1 Å². The molecule has 0 bridgehead atoms. The van der Waals surface area contributed by atoms with E-state index in [1.54, 1.807) is 64.1 Å². The number of nitrogens with one attached hydrogen (secondary N) is 3. The molecule has 1 aromatic carbocycles. The zero-order chi connectivity index (χ0) is 35.2. The minimum Gasteiger partial charge on any atom is -0.496 e. The Morgan fingerprint density at radius 3 is 2.62 bits per heavy atom. The number of pyridine rings is 3. The highest BCUT2D eigenvalue weighted by Gasteiger charge is 2.25. The molecule has 262 valence electrons. The molecule has 50 heavy (non-hydrogen) atoms. The maximum absolute atomic E-state index is 13.4. The van der Waals surface area contributed by atoms with Gasteiger partial charge in [0.25, 0.3) is 5.91 Å². The summed E-state index contributed by atoms with van der Waals surface area (Å²) in [4.78, 5) is 40.8. The van der Waals surface area contributed by atoms with Gasteiger partial charge in [-0.3, -0.25) is 24.5 Å². The van der Waals surface area contributed by atoms with Gasteiger partial charge in [-0.1, -0.05) is 41.4 Å². The second-order valence-electron chi connectivity index (χ2n) is 12.2. The number of amides is 2. The van der Waals surface area contributed by atoms with E-state index in [1.807, 2.05) is 12.1 Å². The van der Waals surface area contributed by atoms with Crippen molar-refractivity contribution in [3.05, 3.63) is 81.7 Å². The first-order valence-corrected chi connectivity index (χ1v) is 17.1. The zero-order valence-electron chi connectivity index (χ0n) is 28.1. The zero-order valence-corrected chi connectivity index (χ0v) is 29.6. The van der Waals surface area contributed by atoms with Crippen molar-refractivity contribution in [3.8, 4) is 34.1 Å². The van der Waals surface area contributed by atoms with Crippen molar-refractivity contribution < 1.29 is 23.8 Å². The van der Waals surface area contributed by atoms with E-state index >= 15 is 0 Å². The van der Waals surface area contributed by atoms with Gasteiger partial charge in [0.2, 0.25) is 11.8 Å². The second-order valence-corrected chi connectivity index (χ2v) is 13.0. The number of anilines is 1. The monoisotopic (exact) mass is 719 g/mol. The van der Waals surface area contributed by atoms with Crippen LogP contribution < -0.4 is 25.4 Å². The maximum atomic E-state index is 13.4. The Labute approximate surface area is 300 Å². The van der Waals surface area contributed by atoms with Crippen LogP contribution in [0.25, 0.3) is 22.5 Å². The van der Waals surface area contributed by atoms with Gasteiger partial charge in [-0.15, -0.1) is 0 Å². The molecule has 2 amide bonds. The van der Waals surface area contributed by atoms with E-state index in [9.17, 15) is 9.59 Å². The molecular weight excluding hydrogens is 681 g/mol. The molecule has 2 aliphatic heterocycles. The van der Waals surface area contributed by atoms with Crippen LogP contribution >= 0.6 is 23.2 Å². The summed E-state index contributed by atoms with van der Waals surface area (Å²) in [6, 6.07) is 12.6. The van der Waals surface area contributed by atoms with Gasteiger partial charge in [0.05, 0.1) is 47.4 Å². The number of halogens is 2. The van der Waals surface area contributed by atoms with Crippen LogP contribution in [0.5, 0.6) is 11.6 Å². The molecule has 0 saturated carbocycles. The molecule has 6 rings (SSSR count). The summed E-state index contributed by atoms with van der Waals surface area (Å²) in [7, 11) is 4.87. The molecule has 4 aromatic rings. The number of hydrogen-bond donors (Lipinski definition) is 3. The van der Waals surface area contributed by atoms with Crippen molar-refractivity contribution in [3.63, 3.8) is 0 Å². The third-order valence-electron chi connectivity index (χ3n) is 8.94. The highest BCUT2D eigenvalue weighted by molar-refractivity contribution is 6.39. The number of nitrogens with zero attached hydrogens (tertiary/aromatic N) is 4. The first-order chi connectivity index (χ1) is 24.3. The number of carbonyl (C=O) groups excluding carboxylic acids is 2. The van der Waals surface area contributed by atoms with Gasteiger partial charge in [0.1, 0.15) is 11.4 Å². The lowest BCUT2D eigenvalue weighted by atomic mass is 10.1. The van der Waals surface area contributed by atoms with E-state index < -0.39 is 5.91 Å². The Balaban J connectivity index is 1.17. The number of methoxy groups -OCH3 is 3. The van der Waals surface area contributed by atoms with E-state index in [2.05, 4.69) is 30.8 Å². The van der Waals surface area contributed by atoms with E-state index in [0.29, 0.717) is 70.9 Å². The lowest BCUT2D eigenvalue weighted by Gasteiger charge is -2.18. The summed E-state index contributed by atoms with van der Waals surface area (Å²) in [6.07, 6.45) is 5.86. The number of rotatable bonds is 13. The molecule has 2 saturated heterocycles. The molecule has 2 aliphatic rings. The molecule has 0 radical (unpaired) electrons. The first-order valence-electron chi connectivity index (χ1n) is 16.3. The Hall–Kier alpha value is -4.33. The van der Waals surface area contributed by atoms with Crippen LogP contribution in [-0.4, -0.2) is 84.8 Å². The van der Waals surface area contributed by atoms with E-state index in [4.69, 9.17) is 42.4 Å². The topological polar surface area (TPSA) is 140 Å². The molecule has 0 spiro atoms. The molecule has 14 heteroatoms. The van der Waals surface area contributed by atoms with Crippen LogP contribution in [0.2, 0.25) is 10.0 Å². The smallest absolute Gasteiger partial charge is 0.274 e. The average molecular weight is 721 g/mol. The van der Waals surface area contributed by atoms with Crippen LogP contribution in [0.1, 0.15) is 40.9 Å². The number of aromatic nitrogens is 3. The molecule has 5 heterocycles. The lowest BCUT2D eigenvalue weighted by Crippen LogP contribution is -2.35. The summed E-state index contributed by atoms with van der Waals surface area (Å²) < 4.78 is 16.7. The van der Waals surface area contributed by atoms with Crippen LogP contribution in [0.4, 0.5) is 5.69 Å². The van der Waals surface area contributed by atoms with Gasteiger partial charge < -0.3 is 30.2 Å². The number of hydrogen-bond acceptors (Lipinski definition) is 10. The lowest BCUT2D eigenvalue weighted by molar-refractivity contribution is -0.119. The SMILES string of the molecule is COc1cc(C(=O)Nc2cccc(-c3nccc(-c4ccc(CNC[C@H]5CCC(=O)N5)c(OC)n4)c3Cl)c2Cl)ncc1CN1CC[C@H](OC)C1. The quantitative estimate of drug-likeness (QED) is 0.165. The van der Waals surface area contributed by atoms with Crippen LogP contribution in [-0.2, 0) is 22.6 Å². The number of carbonyl (C=O) groups is 2. The van der Waals surface area contributed by atoms with E-state index in [1.165, 1.54) is 0 Å². The highest BCUT2D eigenvalue weighted by Crippen LogP contribution is 2.40. The van der Waals surface area contributed by atoms with Gasteiger partial charge in [0.15, 0.2) is 0 Å². The Bertz CT molecular complexity index is 1880. The van der Waals surface area contributed by atoms with Crippen molar-refractivity contribution in [1.29, 1.82) is 0 Å². The second kappa shape index (κ2) is 16.1. The Kier molecular flexibility index (Phi) is 11.5. The maximum Gasteiger partial charge on any atom is 0.274 e. The highest BCUT2D eigenvalue weighted by atomic mass is 35.5. The van der Waals surface area contributed by atoms with Gasteiger partial charge >= 0.3 is 0 Å². The van der Waals surface area contributed by atoms with Crippen molar-refractivity contribution >= 4 is 40.7 Å². The molecule has 0 unspecified atom stereocenters. The van der Waals surface area contributed by atoms with Crippen molar-refractivity contribution in [2.75, 3.05) is 46.3 Å². The summed E-state index contributed by atoms with van der Waals surface area (Å²) in [5.41, 5.74) is 4.50. The third-order valence-corrected chi connectivity index (χ3v) is 9.73. The van der Waals surface area contributed by atoms with Crippen molar-refractivity contribution in [2.24, 2.45) is 0 Å². The minimum atomic E-state index is -0.443. The van der Waals surface area contributed by atoms with Crippen LogP contribution in [0, 0.1) is 0 Å². The third kappa shape index (κ3) is 8.00. The predicted octanol–water partition coefficient (Wildman–Crippen LogP) is 5.37. The molecular formula is C36H39Cl2N7O5. The largest absolute Gasteiger partial charge is 0.496 e. The van der Waals surface area contributed by atoms with Crippen molar-refractivity contribution in [1.82, 2.24) is 30.5 Å². The van der Waals surface area contributed by atoms with Crippen LogP contribution in [0.15, 0.2) is 54.9 Å². The summed E-state index contributed by atoms with van der Waals surface area (Å²) in [5.74, 6) is 0.672. The van der Waals surface area contributed by atoms with Gasteiger partial charge in [0, 0.05) is 93.0 Å². The fraction of sp³-hybridized carbons (Fsp3) is 0.361. The number of likely N-dealkylation sites (tertiary alicyclic amines) is 1.